The lowest BCUT2D eigenvalue weighted by atomic mass is 10.1. The summed E-state index contributed by atoms with van der Waals surface area (Å²) >= 11 is 15.2. The third-order valence-electron chi connectivity index (χ3n) is 5.81. The lowest BCUT2D eigenvalue weighted by Crippen LogP contribution is -2.35. The molecule has 1 aliphatic rings. The predicted octanol–water partition coefficient (Wildman–Crippen LogP) is 5.85. The van der Waals surface area contributed by atoms with Gasteiger partial charge in [0.15, 0.2) is 16.6 Å². The number of amides is 1. The number of methoxy groups -OCH3 is 3. The van der Waals surface area contributed by atoms with E-state index in [1.165, 1.54) is 24.0 Å². The molecule has 0 aliphatic carbocycles. The molecule has 0 atom stereocenters. The maximum absolute atomic E-state index is 13.6. The molecule has 0 N–H and O–H groups in total. The van der Waals surface area contributed by atoms with Crippen molar-refractivity contribution in [2.24, 2.45) is 0 Å². The first-order chi connectivity index (χ1) is 18.7. The molecule has 0 unspecified atom stereocenters. The standard InChI is InChI=1S/C28H24BrClN2O6S/c1-35-21-9-7-20(8-10-21)32-27(34)23(31(28(32)39)15-25(33)37-3)13-18-12-22(29)26(24(14-18)36-2)38-16-17-5-4-6-19(30)11-17/h4-14H,15-16H2,1-3H3/b23-13-. The zero-order chi connectivity index (χ0) is 28.1. The zero-order valence-electron chi connectivity index (χ0n) is 21.3. The van der Waals surface area contributed by atoms with Crippen LogP contribution >= 0.6 is 39.7 Å². The lowest BCUT2D eigenvalue weighted by molar-refractivity contribution is -0.140. The van der Waals surface area contributed by atoms with E-state index in [2.05, 4.69) is 15.9 Å². The van der Waals surface area contributed by atoms with Crippen molar-refractivity contribution in [3.05, 3.63) is 87.0 Å². The minimum absolute atomic E-state index is 0.148. The van der Waals surface area contributed by atoms with Crippen molar-refractivity contribution < 1.29 is 28.5 Å². The van der Waals surface area contributed by atoms with Gasteiger partial charge in [0.05, 0.1) is 31.5 Å². The normalized spacial score (nSPS) is 14.1. The number of rotatable bonds is 9. The van der Waals surface area contributed by atoms with Crippen molar-refractivity contribution >= 4 is 68.5 Å². The fraction of sp³-hybridized carbons (Fsp3) is 0.179. The van der Waals surface area contributed by atoms with E-state index in [4.69, 9.17) is 42.8 Å². The molecule has 3 aromatic rings. The molecule has 1 saturated heterocycles. The van der Waals surface area contributed by atoms with E-state index in [0.717, 1.165) is 5.56 Å². The Morgan fingerprint density at radius 1 is 1.05 bits per heavy atom. The highest BCUT2D eigenvalue weighted by molar-refractivity contribution is 9.10. The van der Waals surface area contributed by atoms with Crippen LogP contribution in [0.3, 0.4) is 0 Å². The summed E-state index contributed by atoms with van der Waals surface area (Å²) in [6.45, 7) is 0.0329. The van der Waals surface area contributed by atoms with E-state index < -0.39 is 11.9 Å². The third-order valence-corrected chi connectivity index (χ3v) is 7.04. The van der Waals surface area contributed by atoms with Gasteiger partial charge in [-0.05, 0) is 93.9 Å². The van der Waals surface area contributed by atoms with Crippen molar-refractivity contribution in [3.8, 4) is 17.2 Å². The molecule has 39 heavy (non-hydrogen) atoms. The molecule has 0 radical (unpaired) electrons. The molecule has 1 heterocycles. The van der Waals surface area contributed by atoms with Crippen LogP contribution in [0.2, 0.25) is 5.02 Å². The SMILES string of the molecule is COC(=O)CN1C(=S)N(c2ccc(OC)cc2)C(=O)/C1=C/c1cc(Br)c(OCc2cccc(Cl)c2)c(OC)c1. The quantitative estimate of drug-likeness (QED) is 0.166. The van der Waals surface area contributed by atoms with Crippen LogP contribution in [0.15, 0.2) is 70.8 Å². The van der Waals surface area contributed by atoms with Crippen molar-refractivity contribution in [2.45, 2.75) is 6.61 Å². The van der Waals surface area contributed by atoms with E-state index in [1.807, 2.05) is 18.2 Å². The van der Waals surface area contributed by atoms with Crippen LogP contribution in [0.5, 0.6) is 17.2 Å². The summed E-state index contributed by atoms with van der Waals surface area (Å²) in [5.41, 5.74) is 2.24. The number of ether oxygens (including phenoxy) is 4. The number of benzene rings is 3. The Kier molecular flexibility index (Phi) is 9.11. The molecule has 4 rings (SSSR count). The Hall–Kier alpha value is -3.60. The summed E-state index contributed by atoms with van der Waals surface area (Å²) in [5, 5.41) is 0.762. The van der Waals surface area contributed by atoms with Crippen LogP contribution in [0.4, 0.5) is 5.69 Å². The monoisotopic (exact) mass is 630 g/mol. The molecule has 1 fully saturated rings. The number of anilines is 1. The summed E-state index contributed by atoms with van der Waals surface area (Å²) in [7, 11) is 4.35. The Labute approximate surface area is 244 Å². The van der Waals surface area contributed by atoms with Crippen molar-refractivity contribution in [2.75, 3.05) is 32.8 Å². The van der Waals surface area contributed by atoms with Gasteiger partial charge in [-0.15, -0.1) is 0 Å². The molecule has 0 saturated carbocycles. The zero-order valence-corrected chi connectivity index (χ0v) is 24.4. The number of halogens is 2. The van der Waals surface area contributed by atoms with Crippen LogP contribution in [-0.2, 0) is 20.9 Å². The van der Waals surface area contributed by atoms with Gasteiger partial charge in [-0.2, -0.15) is 0 Å². The average Bonchev–Trinajstić information content (AvgIpc) is 3.15. The Morgan fingerprint density at radius 3 is 2.44 bits per heavy atom. The highest BCUT2D eigenvalue weighted by atomic mass is 79.9. The van der Waals surface area contributed by atoms with Gasteiger partial charge < -0.3 is 23.8 Å². The first-order valence-corrected chi connectivity index (χ1v) is 13.2. The first kappa shape index (κ1) is 28.4. The van der Waals surface area contributed by atoms with E-state index in [0.29, 0.717) is 38.0 Å². The van der Waals surface area contributed by atoms with Crippen molar-refractivity contribution in [1.82, 2.24) is 4.90 Å². The first-order valence-electron chi connectivity index (χ1n) is 11.6. The maximum atomic E-state index is 13.6. The molecule has 11 heteroatoms. The minimum Gasteiger partial charge on any atom is -0.497 e. The van der Waals surface area contributed by atoms with Gasteiger partial charge in [-0.1, -0.05) is 23.7 Å². The summed E-state index contributed by atoms with van der Waals surface area (Å²) in [6.07, 6.45) is 1.63. The number of nitrogens with zero attached hydrogens (tertiary/aromatic N) is 2. The third kappa shape index (κ3) is 6.35. The van der Waals surface area contributed by atoms with E-state index in [-0.39, 0.29) is 24.0 Å². The molecule has 0 bridgehead atoms. The molecule has 8 nitrogen and oxygen atoms in total. The number of carbonyl (C=O) groups excluding carboxylic acids is 2. The topological polar surface area (TPSA) is 77.5 Å². The summed E-state index contributed by atoms with van der Waals surface area (Å²) < 4.78 is 22.3. The van der Waals surface area contributed by atoms with Gasteiger partial charge in [-0.3, -0.25) is 14.5 Å². The molecule has 3 aromatic carbocycles. The minimum atomic E-state index is -0.545. The summed E-state index contributed by atoms with van der Waals surface area (Å²) in [5.74, 6) is 0.617. The summed E-state index contributed by atoms with van der Waals surface area (Å²) in [6, 6.07) is 17.8. The second-order valence-corrected chi connectivity index (χ2v) is 9.92. The molecule has 0 spiro atoms. The fourth-order valence-corrected chi connectivity index (χ4v) is 5.03. The van der Waals surface area contributed by atoms with E-state index in [9.17, 15) is 9.59 Å². The van der Waals surface area contributed by atoms with Crippen LogP contribution in [0.1, 0.15) is 11.1 Å². The fourth-order valence-electron chi connectivity index (χ4n) is 3.89. The smallest absolute Gasteiger partial charge is 0.325 e. The van der Waals surface area contributed by atoms with Gasteiger partial charge in [-0.25, -0.2) is 0 Å². The second kappa shape index (κ2) is 12.5. The number of hydrogen-bond donors (Lipinski definition) is 0. The van der Waals surface area contributed by atoms with Gasteiger partial charge in [0.25, 0.3) is 5.91 Å². The van der Waals surface area contributed by atoms with Crippen LogP contribution < -0.4 is 19.1 Å². The van der Waals surface area contributed by atoms with Crippen LogP contribution in [0, 0.1) is 0 Å². The maximum Gasteiger partial charge on any atom is 0.325 e. The largest absolute Gasteiger partial charge is 0.497 e. The molecule has 1 amide bonds. The van der Waals surface area contributed by atoms with E-state index in [1.54, 1.807) is 55.7 Å². The van der Waals surface area contributed by atoms with Crippen LogP contribution in [0.25, 0.3) is 6.08 Å². The molecular formula is C28H24BrClN2O6S. The predicted molar refractivity (Wildman–Crippen MR) is 156 cm³/mol. The molecular weight excluding hydrogens is 608 g/mol. The molecule has 202 valence electrons. The Morgan fingerprint density at radius 2 is 1.79 bits per heavy atom. The molecule has 0 aromatic heterocycles. The highest BCUT2D eigenvalue weighted by Crippen LogP contribution is 2.39. The van der Waals surface area contributed by atoms with Gasteiger partial charge in [0.1, 0.15) is 24.6 Å². The number of thiocarbonyl (C=S) groups is 1. The van der Waals surface area contributed by atoms with Crippen LogP contribution in [-0.4, -0.2) is 49.8 Å². The van der Waals surface area contributed by atoms with Gasteiger partial charge >= 0.3 is 5.97 Å². The lowest BCUT2D eigenvalue weighted by Gasteiger charge is -2.19. The number of carbonyl (C=O) groups is 2. The Balaban J connectivity index is 1.68. The van der Waals surface area contributed by atoms with Gasteiger partial charge in [0.2, 0.25) is 0 Å². The van der Waals surface area contributed by atoms with E-state index >= 15 is 0 Å². The van der Waals surface area contributed by atoms with Crippen molar-refractivity contribution in [1.29, 1.82) is 0 Å². The van der Waals surface area contributed by atoms with Gasteiger partial charge in [0, 0.05) is 5.02 Å². The summed E-state index contributed by atoms with van der Waals surface area (Å²) in [4.78, 5) is 28.6. The second-order valence-electron chi connectivity index (χ2n) is 8.27. The number of hydrogen-bond acceptors (Lipinski definition) is 7. The number of esters is 1. The van der Waals surface area contributed by atoms with Crippen molar-refractivity contribution in [3.63, 3.8) is 0 Å². The highest BCUT2D eigenvalue weighted by Gasteiger charge is 2.40. The molecule has 1 aliphatic heterocycles. The Bertz CT molecular complexity index is 1450. The average molecular weight is 632 g/mol.